The largest absolute Gasteiger partial charge is 0.275 e. The van der Waals surface area contributed by atoms with Crippen LogP contribution in [0.1, 0.15) is 0 Å². The van der Waals surface area contributed by atoms with Crippen LogP contribution in [-0.4, -0.2) is 24.5 Å². The van der Waals surface area contributed by atoms with Crippen molar-refractivity contribution < 1.29 is 0 Å². The van der Waals surface area contributed by atoms with Gasteiger partial charge in [-0.15, -0.1) is 0 Å². The van der Waals surface area contributed by atoms with Crippen molar-refractivity contribution in [1.29, 1.82) is 0 Å². The van der Waals surface area contributed by atoms with Gasteiger partial charge in [0.2, 0.25) is 0 Å². The van der Waals surface area contributed by atoms with E-state index >= 15 is 0 Å². The van der Waals surface area contributed by atoms with Gasteiger partial charge in [0.15, 0.2) is 5.65 Å². The Kier molecular flexibility index (Phi) is 2.67. The zero-order valence-electron chi connectivity index (χ0n) is 11.1. The first-order valence-corrected chi connectivity index (χ1v) is 6.58. The van der Waals surface area contributed by atoms with Crippen LogP contribution in [-0.2, 0) is 0 Å². The van der Waals surface area contributed by atoms with Crippen molar-refractivity contribution in [2.75, 3.05) is 0 Å². The molecular weight excluding hydrogens is 262 g/mol. The van der Waals surface area contributed by atoms with Crippen LogP contribution >= 0.6 is 0 Å². The van der Waals surface area contributed by atoms with E-state index < -0.39 is 0 Å². The third-order valence-electron chi connectivity index (χ3n) is 3.24. The summed E-state index contributed by atoms with van der Waals surface area (Å²) in [7, 11) is 0. The molecule has 0 unspecified atom stereocenters. The summed E-state index contributed by atoms with van der Waals surface area (Å²) in [6.07, 6.45) is 8.87. The van der Waals surface area contributed by atoms with Crippen LogP contribution in [0.4, 0.5) is 0 Å². The lowest BCUT2D eigenvalue weighted by Crippen LogP contribution is -1.99. The molecule has 0 amide bonds. The SMILES string of the molecule is c1cncc(-c2nc3cccnc3n2-c2cccnc2)c1. The summed E-state index contributed by atoms with van der Waals surface area (Å²) < 4.78 is 2.00. The molecule has 4 rings (SSSR count). The van der Waals surface area contributed by atoms with Gasteiger partial charge in [-0.05, 0) is 36.4 Å². The Morgan fingerprint density at radius 1 is 0.810 bits per heavy atom. The van der Waals surface area contributed by atoms with E-state index in [2.05, 4.69) is 15.0 Å². The molecule has 0 aliphatic carbocycles. The molecule has 0 aromatic carbocycles. The summed E-state index contributed by atoms with van der Waals surface area (Å²) in [5.74, 6) is 0.810. The van der Waals surface area contributed by atoms with Crippen molar-refractivity contribution in [3.63, 3.8) is 0 Å². The number of nitrogens with zero attached hydrogens (tertiary/aromatic N) is 5. The smallest absolute Gasteiger partial charge is 0.165 e. The third-order valence-corrected chi connectivity index (χ3v) is 3.24. The minimum Gasteiger partial charge on any atom is -0.275 e. The van der Waals surface area contributed by atoms with Crippen LogP contribution in [0.15, 0.2) is 67.4 Å². The van der Waals surface area contributed by atoms with Crippen LogP contribution in [0, 0.1) is 0 Å². The van der Waals surface area contributed by atoms with Crippen LogP contribution in [0.3, 0.4) is 0 Å². The number of hydrogen-bond donors (Lipinski definition) is 0. The number of pyridine rings is 3. The van der Waals surface area contributed by atoms with E-state index in [9.17, 15) is 0 Å². The lowest BCUT2D eigenvalue weighted by molar-refractivity contribution is 1.06. The fraction of sp³-hybridized carbons (Fsp3) is 0. The quantitative estimate of drug-likeness (QED) is 0.563. The summed E-state index contributed by atoms with van der Waals surface area (Å²) in [6.45, 7) is 0. The molecule has 0 aliphatic rings. The molecule has 0 fully saturated rings. The minimum absolute atomic E-state index is 0.810. The first-order valence-electron chi connectivity index (χ1n) is 6.58. The van der Waals surface area contributed by atoms with Gasteiger partial charge in [-0.2, -0.15) is 0 Å². The maximum atomic E-state index is 4.69. The second kappa shape index (κ2) is 4.79. The Labute approximate surface area is 121 Å². The molecule has 0 radical (unpaired) electrons. The number of imidazole rings is 1. The first-order chi connectivity index (χ1) is 10.4. The zero-order chi connectivity index (χ0) is 14.1. The molecule has 0 aliphatic heterocycles. The topological polar surface area (TPSA) is 56.5 Å². The molecular formula is C16H11N5. The van der Waals surface area contributed by atoms with Crippen LogP contribution < -0.4 is 0 Å². The summed E-state index contributed by atoms with van der Waals surface area (Å²) in [4.78, 5) is 17.5. The highest BCUT2D eigenvalue weighted by molar-refractivity contribution is 5.79. The highest BCUT2D eigenvalue weighted by Gasteiger charge is 2.14. The molecule has 4 heterocycles. The highest BCUT2D eigenvalue weighted by Crippen LogP contribution is 2.26. The van der Waals surface area contributed by atoms with Crippen LogP contribution in [0.2, 0.25) is 0 Å². The molecule has 100 valence electrons. The standard InChI is InChI=1S/C16H11N5/c1-4-12(10-17-7-1)15-20-14-6-3-9-19-16(14)21(15)13-5-2-8-18-11-13/h1-11H. The van der Waals surface area contributed by atoms with E-state index in [1.807, 2.05) is 41.0 Å². The molecule has 0 N–H and O–H groups in total. The van der Waals surface area contributed by atoms with Crippen molar-refractivity contribution >= 4 is 11.2 Å². The first kappa shape index (κ1) is 11.7. The van der Waals surface area contributed by atoms with Gasteiger partial charge in [0.1, 0.15) is 11.3 Å². The Balaban J connectivity index is 2.07. The Morgan fingerprint density at radius 3 is 2.38 bits per heavy atom. The number of fused-ring (bicyclic) bond motifs is 1. The molecule has 5 heteroatoms. The summed E-state index contributed by atoms with van der Waals surface area (Å²) in [5, 5.41) is 0. The Morgan fingerprint density at radius 2 is 1.62 bits per heavy atom. The van der Waals surface area contributed by atoms with Crippen molar-refractivity contribution in [3.8, 4) is 17.1 Å². The highest BCUT2D eigenvalue weighted by atomic mass is 15.1. The molecule has 5 nitrogen and oxygen atoms in total. The summed E-state index contributed by atoms with van der Waals surface area (Å²) >= 11 is 0. The molecule has 0 bridgehead atoms. The summed E-state index contributed by atoms with van der Waals surface area (Å²) in [6, 6.07) is 11.6. The molecule has 0 spiro atoms. The Bertz CT molecular complexity index is 884. The van der Waals surface area contributed by atoms with Crippen molar-refractivity contribution in [2.45, 2.75) is 0 Å². The second-order valence-corrected chi connectivity index (χ2v) is 4.57. The molecule has 0 atom stereocenters. The maximum absolute atomic E-state index is 4.69. The van der Waals surface area contributed by atoms with Gasteiger partial charge < -0.3 is 0 Å². The third kappa shape index (κ3) is 1.95. The predicted octanol–water partition coefficient (Wildman–Crippen LogP) is 2.88. The minimum atomic E-state index is 0.810. The number of aromatic nitrogens is 5. The van der Waals surface area contributed by atoms with Gasteiger partial charge in [-0.1, -0.05) is 0 Å². The number of hydrogen-bond acceptors (Lipinski definition) is 4. The lowest BCUT2D eigenvalue weighted by Gasteiger charge is -2.07. The van der Waals surface area contributed by atoms with E-state index in [1.54, 1.807) is 31.0 Å². The van der Waals surface area contributed by atoms with Gasteiger partial charge in [0.05, 0.1) is 11.9 Å². The fourth-order valence-corrected chi connectivity index (χ4v) is 2.33. The van der Waals surface area contributed by atoms with Gasteiger partial charge in [0.25, 0.3) is 0 Å². The van der Waals surface area contributed by atoms with Crippen LogP contribution in [0.25, 0.3) is 28.2 Å². The Hall–Kier alpha value is -3.08. The van der Waals surface area contributed by atoms with Gasteiger partial charge in [-0.25, -0.2) is 9.97 Å². The van der Waals surface area contributed by atoms with Gasteiger partial charge in [-0.3, -0.25) is 14.5 Å². The molecule has 21 heavy (non-hydrogen) atoms. The van der Waals surface area contributed by atoms with Gasteiger partial charge >= 0.3 is 0 Å². The zero-order valence-corrected chi connectivity index (χ0v) is 11.1. The van der Waals surface area contributed by atoms with E-state index in [0.717, 1.165) is 28.2 Å². The average molecular weight is 273 g/mol. The monoisotopic (exact) mass is 273 g/mol. The van der Waals surface area contributed by atoms with Gasteiger partial charge in [0, 0.05) is 30.4 Å². The van der Waals surface area contributed by atoms with Crippen LogP contribution in [0.5, 0.6) is 0 Å². The maximum Gasteiger partial charge on any atom is 0.165 e. The molecule has 0 saturated heterocycles. The average Bonchev–Trinajstić information content (AvgIpc) is 2.96. The summed E-state index contributed by atoms with van der Waals surface area (Å²) in [5.41, 5.74) is 3.53. The van der Waals surface area contributed by atoms with E-state index in [4.69, 9.17) is 4.98 Å². The van der Waals surface area contributed by atoms with E-state index in [1.165, 1.54) is 0 Å². The fourth-order valence-electron chi connectivity index (χ4n) is 2.33. The molecule has 4 aromatic heterocycles. The molecule has 4 aromatic rings. The van der Waals surface area contributed by atoms with E-state index in [-0.39, 0.29) is 0 Å². The normalized spacial score (nSPS) is 10.9. The van der Waals surface area contributed by atoms with Crippen molar-refractivity contribution in [1.82, 2.24) is 24.5 Å². The molecule has 0 saturated carbocycles. The lowest BCUT2D eigenvalue weighted by atomic mass is 10.2. The second-order valence-electron chi connectivity index (χ2n) is 4.57. The van der Waals surface area contributed by atoms with E-state index in [0.29, 0.717) is 0 Å². The van der Waals surface area contributed by atoms with Crippen molar-refractivity contribution in [3.05, 3.63) is 67.4 Å². The predicted molar refractivity (Wildman–Crippen MR) is 79.9 cm³/mol. The number of rotatable bonds is 2. The van der Waals surface area contributed by atoms with Crippen molar-refractivity contribution in [2.24, 2.45) is 0 Å².